The van der Waals surface area contributed by atoms with Crippen LogP contribution in [0.4, 0.5) is 5.69 Å². The summed E-state index contributed by atoms with van der Waals surface area (Å²) in [7, 11) is 3.58. The summed E-state index contributed by atoms with van der Waals surface area (Å²) in [6.07, 6.45) is 3.46. The molecule has 0 fully saturated rings. The number of nitrogens with zero attached hydrogens (tertiary/aromatic N) is 2. The second-order valence-corrected chi connectivity index (χ2v) is 6.81. The Hall–Kier alpha value is -3.12. The number of carbonyl (C=O) groups excluding carboxylic acids is 1. The summed E-state index contributed by atoms with van der Waals surface area (Å²) in [4.78, 5) is 12.7. The molecule has 0 aliphatic rings. The number of likely N-dealkylation sites (N-methyl/N-ethyl adjacent to an activating group) is 1. The van der Waals surface area contributed by atoms with Crippen molar-refractivity contribution in [1.29, 1.82) is 0 Å². The Morgan fingerprint density at radius 1 is 1.14 bits per heavy atom. The van der Waals surface area contributed by atoms with Crippen molar-refractivity contribution in [3.05, 3.63) is 77.6 Å². The van der Waals surface area contributed by atoms with Gasteiger partial charge in [0.1, 0.15) is 17.9 Å². The van der Waals surface area contributed by atoms with Crippen LogP contribution in [0.25, 0.3) is 0 Å². The Balaban J connectivity index is 1.69. The first-order valence-electron chi connectivity index (χ1n) is 9.27. The number of carbonyl (C=O) groups is 1. The molecule has 0 spiro atoms. The van der Waals surface area contributed by atoms with Crippen LogP contribution in [0.15, 0.2) is 60.9 Å². The van der Waals surface area contributed by atoms with E-state index in [1.807, 2.05) is 75.6 Å². The third kappa shape index (κ3) is 4.58. The lowest BCUT2D eigenvalue weighted by Gasteiger charge is -2.18. The minimum absolute atomic E-state index is 0.0553. The van der Waals surface area contributed by atoms with Gasteiger partial charge in [0.2, 0.25) is 5.91 Å². The summed E-state index contributed by atoms with van der Waals surface area (Å²) in [6.45, 7) is 3.97. The second kappa shape index (κ2) is 8.71. The molecule has 146 valence electrons. The minimum Gasteiger partial charge on any atom is -0.486 e. The van der Waals surface area contributed by atoms with Crippen LogP contribution in [-0.4, -0.2) is 22.7 Å². The minimum atomic E-state index is -0.470. The van der Waals surface area contributed by atoms with Gasteiger partial charge in [-0.3, -0.25) is 9.48 Å². The van der Waals surface area contributed by atoms with Crippen molar-refractivity contribution in [3.63, 3.8) is 0 Å². The molecule has 0 saturated heterocycles. The lowest BCUT2D eigenvalue weighted by molar-refractivity contribution is -0.118. The molecule has 2 N–H and O–H groups in total. The fourth-order valence-corrected chi connectivity index (χ4v) is 3.09. The second-order valence-electron chi connectivity index (χ2n) is 6.81. The van der Waals surface area contributed by atoms with E-state index in [0.717, 1.165) is 28.1 Å². The van der Waals surface area contributed by atoms with Gasteiger partial charge in [-0.1, -0.05) is 30.3 Å². The van der Waals surface area contributed by atoms with E-state index in [1.165, 1.54) is 0 Å². The molecule has 1 heterocycles. The molecule has 0 bridgehead atoms. The zero-order valence-electron chi connectivity index (χ0n) is 16.6. The molecule has 6 nitrogen and oxygen atoms in total. The van der Waals surface area contributed by atoms with E-state index in [9.17, 15) is 4.79 Å². The van der Waals surface area contributed by atoms with E-state index >= 15 is 0 Å². The fourth-order valence-electron chi connectivity index (χ4n) is 3.09. The maximum absolute atomic E-state index is 12.7. The van der Waals surface area contributed by atoms with Crippen LogP contribution in [0, 0.1) is 6.92 Å². The highest BCUT2D eigenvalue weighted by atomic mass is 16.5. The number of anilines is 1. The van der Waals surface area contributed by atoms with E-state index in [1.54, 1.807) is 17.9 Å². The summed E-state index contributed by atoms with van der Waals surface area (Å²) >= 11 is 0. The SMILES string of the molecule is CNC(C(=O)Nc1ccc(OC(C)c2ccccc2)cc1C)c1cnn(C)c1. The number of aromatic nitrogens is 2. The van der Waals surface area contributed by atoms with Gasteiger partial charge in [0.05, 0.1) is 6.20 Å². The van der Waals surface area contributed by atoms with E-state index in [0.29, 0.717) is 0 Å². The van der Waals surface area contributed by atoms with Gasteiger partial charge in [0, 0.05) is 24.5 Å². The van der Waals surface area contributed by atoms with E-state index in [2.05, 4.69) is 15.7 Å². The van der Waals surface area contributed by atoms with Crippen molar-refractivity contribution in [1.82, 2.24) is 15.1 Å². The molecule has 0 radical (unpaired) electrons. The summed E-state index contributed by atoms with van der Waals surface area (Å²) in [6, 6.07) is 15.3. The van der Waals surface area contributed by atoms with Crippen molar-refractivity contribution in [2.75, 3.05) is 12.4 Å². The Kier molecular flexibility index (Phi) is 6.11. The van der Waals surface area contributed by atoms with Gasteiger partial charge in [-0.05, 0) is 50.2 Å². The molecule has 0 aliphatic heterocycles. The quantitative estimate of drug-likeness (QED) is 0.657. The van der Waals surface area contributed by atoms with Crippen LogP contribution in [0.3, 0.4) is 0 Å². The largest absolute Gasteiger partial charge is 0.486 e. The van der Waals surface area contributed by atoms with Gasteiger partial charge in [-0.25, -0.2) is 0 Å². The smallest absolute Gasteiger partial charge is 0.246 e. The van der Waals surface area contributed by atoms with Crippen molar-refractivity contribution in [3.8, 4) is 5.75 Å². The summed E-state index contributed by atoms with van der Waals surface area (Å²) in [5, 5.41) is 10.2. The zero-order chi connectivity index (χ0) is 20.1. The van der Waals surface area contributed by atoms with E-state index in [4.69, 9.17) is 4.74 Å². The first-order chi connectivity index (χ1) is 13.5. The number of ether oxygens (including phenoxy) is 1. The molecule has 2 atom stereocenters. The molecule has 28 heavy (non-hydrogen) atoms. The topological polar surface area (TPSA) is 68.2 Å². The highest BCUT2D eigenvalue weighted by Gasteiger charge is 2.21. The molecule has 2 unspecified atom stereocenters. The van der Waals surface area contributed by atoms with Crippen molar-refractivity contribution in [2.45, 2.75) is 26.0 Å². The maximum Gasteiger partial charge on any atom is 0.246 e. The number of amides is 1. The maximum atomic E-state index is 12.7. The van der Waals surface area contributed by atoms with Crippen molar-refractivity contribution >= 4 is 11.6 Å². The Morgan fingerprint density at radius 3 is 2.50 bits per heavy atom. The molecule has 2 aromatic carbocycles. The highest BCUT2D eigenvalue weighted by Crippen LogP contribution is 2.26. The van der Waals surface area contributed by atoms with Gasteiger partial charge in [0.15, 0.2) is 0 Å². The standard InChI is InChI=1S/C22H26N4O2/c1-15-12-19(28-16(2)17-8-6-5-7-9-17)10-11-20(15)25-22(27)21(23-3)18-13-24-26(4)14-18/h5-14,16,21,23H,1-4H3,(H,25,27). The molecule has 1 amide bonds. The third-order valence-corrected chi connectivity index (χ3v) is 4.65. The third-order valence-electron chi connectivity index (χ3n) is 4.65. The van der Waals surface area contributed by atoms with Crippen LogP contribution in [0.5, 0.6) is 5.75 Å². The summed E-state index contributed by atoms with van der Waals surface area (Å²) < 4.78 is 7.72. The monoisotopic (exact) mass is 378 g/mol. The number of rotatable bonds is 7. The van der Waals surface area contributed by atoms with Gasteiger partial charge in [-0.15, -0.1) is 0 Å². The van der Waals surface area contributed by atoms with Crippen molar-refractivity contribution in [2.24, 2.45) is 7.05 Å². The predicted molar refractivity (Wildman–Crippen MR) is 110 cm³/mol. The van der Waals surface area contributed by atoms with E-state index in [-0.39, 0.29) is 12.0 Å². The number of hydrogen-bond acceptors (Lipinski definition) is 4. The first-order valence-corrected chi connectivity index (χ1v) is 9.27. The van der Waals surface area contributed by atoms with Crippen molar-refractivity contribution < 1.29 is 9.53 Å². The summed E-state index contributed by atoms with van der Waals surface area (Å²) in [5.41, 5.74) is 3.63. The van der Waals surface area contributed by atoms with E-state index < -0.39 is 6.04 Å². The number of hydrogen-bond donors (Lipinski definition) is 2. The Labute approximate surface area is 165 Å². The van der Waals surface area contributed by atoms with Gasteiger partial charge in [-0.2, -0.15) is 5.10 Å². The number of benzene rings is 2. The molecular formula is C22H26N4O2. The fraction of sp³-hybridized carbons (Fsp3) is 0.273. The number of aryl methyl sites for hydroxylation is 2. The van der Waals surface area contributed by atoms with Crippen LogP contribution in [0.2, 0.25) is 0 Å². The summed E-state index contributed by atoms with van der Waals surface area (Å²) in [5.74, 6) is 0.634. The molecule has 0 saturated carbocycles. The normalized spacial score (nSPS) is 13.0. The van der Waals surface area contributed by atoms with Crippen LogP contribution >= 0.6 is 0 Å². The predicted octanol–water partition coefficient (Wildman–Crippen LogP) is 3.77. The molecule has 6 heteroatoms. The molecule has 3 aromatic rings. The molecule has 0 aliphatic carbocycles. The lowest BCUT2D eigenvalue weighted by atomic mass is 10.1. The lowest BCUT2D eigenvalue weighted by Crippen LogP contribution is -2.30. The van der Waals surface area contributed by atoms with Gasteiger partial charge in [0.25, 0.3) is 0 Å². The average molecular weight is 378 g/mol. The first kappa shape index (κ1) is 19.6. The van der Waals surface area contributed by atoms with Crippen LogP contribution in [-0.2, 0) is 11.8 Å². The highest BCUT2D eigenvalue weighted by molar-refractivity contribution is 5.96. The molecule has 3 rings (SSSR count). The van der Waals surface area contributed by atoms with Gasteiger partial charge < -0.3 is 15.4 Å². The molecular weight excluding hydrogens is 352 g/mol. The molecule has 1 aromatic heterocycles. The Bertz CT molecular complexity index is 937. The Morgan fingerprint density at radius 2 is 1.89 bits per heavy atom. The average Bonchev–Trinajstić information content (AvgIpc) is 3.11. The number of nitrogens with one attached hydrogen (secondary N) is 2. The zero-order valence-corrected chi connectivity index (χ0v) is 16.6. The van der Waals surface area contributed by atoms with Crippen LogP contribution in [0.1, 0.15) is 35.8 Å². The van der Waals surface area contributed by atoms with Gasteiger partial charge >= 0.3 is 0 Å². The van der Waals surface area contributed by atoms with Crippen LogP contribution < -0.4 is 15.4 Å².